The molecule has 5 heteroatoms. The number of alkyl halides is 1. The number of halogens is 1. The van der Waals surface area contributed by atoms with E-state index in [1.165, 1.54) is 83.5 Å². The highest BCUT2D eigenvalue weighted by Gasteiger charge is 2.48. The number of hydrogen-bond donors (Lipinski definition) is 0. The maximum absolute atomic E-state index is 6.52. The highest BCUT2D eigenvalue weighted by Crippen LogP contribution is 2.38. The van der Waals surface area contributed by atoms with Crippen LogP contribution in [0.2, 0.25) is 5.54 Å². The van der Waals surface area contributed by atoms with Crippen LogP contribution in [-0.2, 0) is 13.3 Å². The number of hydrogen-bond acceptors (Lipinski definition) is 3. The van der Waals surface area contributed by atoms with Crippen molar-refractivity contribution in [1.82, 2.24) is 0 Å². The van der Waals surface area contributed by atoms with Gasteiger partial charge in [0.25, 0.3) is 0 Å². The normalized spacial score (nSPS) is 13.8. The number of rotatable bonds is 20. The Kier molecular flexibility index (Phi) is 17.3. The summed E-state index contributed by atoms with van der Waals surface area (Å²) < 4.78 is 17.2. The summed E-state index contributed by atoms with van der Waals surface area (Å²) in [6.07, 6.45) is 19.8. The van der Waals surface area contributed by atoms with Crippen LogP contribution >= 0.6 is 11.6 Å². The van der Waals surface area contributed by atoms with E-state index in [1.807, 2.05) is 0 Å². The first-order valence-corrected chi connectivity index (χ1v) is 13.9. The maximum Gasteiger partial charge on any atom is 0.503 e. The summed E-state index contributed by atoms with van der Waals surface area (Å²) in [6, 6.07) is 0. The van der Waals surface area contributed by atoms with Gasteiger partial charge in [-0.05, 0) is 26.7 Å². The molecule has 0 aromatic carbocycles. The Bertz CT molecular complexity index is 335. The van der Waals surface area contributed by atoms with Gasteiger partial charge in [-0.2, -0.15) is 0 Å². The molecule has 0 fully saturated rings. The Labute approximate surface area is 182 Å². The van der Waals surface area contributed by atoms with Crippen molar-refractivity contribution in [2.24, 2.45) is 0 Å². The van der Waals surface area contributed by atoms with E-state index in [9.17, 15) is 0 Å². The summed E-state index contributed by atoms with van der Waals surface area (Å²) >= 11 is 6.52. The first kappa shape index (κ1) is 28.4. The average Bonchev–Trinajstić information content (AvgIpc) is 2.66. The molecule has 0 saturated heterocycles. The smallest absolute Gasteiger partial charge is 0.377 e. The van der Waals surface area contributed by atoms with Crippen LogP contribution in [0.1, 0.15) is 117 Å². The third kappa shape index (κ3) is 13.6. The van der Waals surface area contributed by atoms with Crippen LogP contribution in [0.25, 0.3) is 0 Å². The van der Waals surface area contributed by atoms with Crippen LogP contribution < -0.4 is 0 Å². The lowest BCUT2D eigenvalue weighted by Gasteiger charge is -2.35. The Morgan fingerprint density at radius 2 is 1.04 bits per heavy atom. The summed E-state index contributed by atoms with van der Waals surface area (Å²) in [6.45, 7) is 6.40. The second-order valence-electron chi connectivity index (χ2n) is 8.87. The molecule has 0 spiro atoms. The molecule has 170 valence electrons. The fourth-order valence-electron chi connectivity index (χ4n) is 4.15. The fraction of sp³-hybridized carbons (Fsp3) is 1.00. The molecule has 0 aliphatic heterocycles. The summed E-state index contributed by atoms with van der Waals surface area (Å²) in [5.41, 5.74) is 0.257. The van der Waals surface area contributed by atoms with Crippen molar-refractivity contribution in [3.05, 3.63) is 0 Å². The Morgan fingerprint density at radius 3 is 1.36 bits per heavy atom. The van der Waals surface area contributed by atoms with Gasteiger partial charge >= 0.3 is 8.80 Å². The molecule has 0 heterocycles. The van der Waals surface area contributed by atoms with Gasteiger partial charge in [-0.15, -0.1) is 11.6 Å². The van der Waals surface area contributed by atoms with Crippen molar-refractivity contribution < 1.29 is 13.3 Å². The van der Waals surface area contributed by atoms with Gasteiger partial charge in [-0.25, -0.2) is 0 Å². The molecule has 0 bridgehead atoms. The van der Waals surface area contributed by atoms with Crippen molar-refractivity contribution in [1.29, 1.82) is 0 Å². The first-order valence-electron chi connectivity index (χ1n) is 11.7. The van der Waals surface area contributed by atoms with E-state index in [0.29, 0.717) is 0 Å². The van der Waals surface area contributed by atoms with Crippen LogP contribution in [-0.4, -0.2) is 35.0 Å². The van der Waals surface area contributed by atoms with Crippen molar-refractivity contribution in [3.63, 3.8) is 0 Å². The van der Waals surface area contributed by atoms with Crippen molar-refractivity contribution in [2.45, 2.75) is 127 Å². The molecule has 0 rings (SSSR count). The minimum absolute atomic E-state index is 0.257. The van der Waals surface area contributed by atoms with Gasteiger partial charge in [0.05, 0.1) is 0 Å². The van der Waals surface area contributed by atoms with E-state index in [2.05, 4.69) is 20.8 Å². The van der Waals surface area contributed by atoms with E-state index < -0.39 is 8.80 Å². The van der Waals surface area contributed by atoms with Gasteiger partial charge in [-0.1, -0.05) is 90.4 Å². The molecule has 0 saturated carbocycles. The third-order valence-electron chi connectivity index (χ3n) is 5.74. The lowest BCUT2D eigenvalue weighted by molar-refractivity contribution is 0.106. The lowest BCUT2D eigenvalue weighted by atomic mass is 10.0. The average molecular weight is 437 g/mol. The molecule has 0 aromatic rings. The summed E-state index contributed by atoms with van der Waals surface area (Å²) in [4.78, 5) is -0.269. The van der Waals surface area contributed by atoms with E-state index in [0.717, 1.165) is 12.8 Å². The van der Waals surface area contributed by atoms with Crippen LogP contribution in [0, 0.1) is 0 Å². The fourth-order valence-corrected chi connectivity index (χ4v) is 7.28. The van der Waals surface area contributed by atoms with Crippen LogP contribution in [0.4, 0.5) is 0 Å². The zero-order valence-corrected chi connectivity index (χ0v) is 21.5. The molecule has 28 heavy (non-hydrogen) atoms. The van der Waals surface area contributed by atoms with E-state index in [1.54, 1.807) is 21.3 Å². The summed E-state index contributed by atoms with van der Waals surface area (Å²) in [5, 5.41) is 0. The first-order chi connectivity index (χ1) is 13.3. The van der Waals surface area contributed by atoms with Gasteiger partial charge in [0.2, 0.25) is 0 Å². The third-order valence-corrected chi connectivity index (χ3v) is 9.10. The van der Waals surface area contributed by atoms with Crippen molar-refractivity contribution in [2.75, 3.05) is 21.3 Å². The molecule has 0 radical (unpaired) electrons. The molecular formula is C23H49ClO3Si. The summed E-state index contributed by atoms with van der Waals surface area (Å²) in [5.74, 6) is 0. The largest absolute Gasteiger partial charge is 0.503 e. The van der Waals surface area contributed by atoms with Crippen molar-refractivity contribution in [3.8, 4) is 0 Å². The Balaban J connectivity index is 3.94. The molecule has 0 N–H and O–H groups in total. The SMILES string of the molecule is CCCCCCCCCCCCCCCC(CC(C)(C)Cl)[Si](OC)(OC)OC. The molecule has 0 aromatic heterocycles. The molecule has 3 nitrogen and oxygen atoms in total. The monoisotopic (exact) mass is 436 g/mol. The second-order valence-corrected chi connectivity index (χ2v) is 13.1. The zero-order valence-electron chi connectivity index (χ0n) is 19.8. The molecule has 0 aliphatic rings. The highest BCUT2D eigenvalue weighted by atomic mass is 35.5. The van der Waals surface area contributed by atoms with E-state index >= 15 is 0 Å². The Morgan fingerprint density at radius 1 is 0.679 bits per heavy atom. The van der Waals surface area contributed by atoms with Crippen LogP contribution in [0.15, 0.2) is 0 Å². The van der Waals surface area contributed by atoms with Crippen LogP contribution in [0.5, 0.6) is 0 Å². The van der Waals surface area contributed by atoms with Crippen LogP contribution in [0.3, 0.4) is 0 Å². The topological polar surface area (TPSA) is 27.7 Å². The molecule has 0 amide bonds. The van der Waals surface area contributed by atoms with Gasteiger partial charge in [-0.3, -0.25) is 0 Å². The molecular weight excluding hydrogens is 388 g/mol. The maximum atomic E-state index is 6.52. The predicted molar refractivity (Wildman–Crippen MR) is 125 cm³/mol. The second kappa shape index (κ2) is 17.1. The Hall–Kier alpha value is 0.387. The van der Waals surface area contributed by atoms with Crippen molar-refractivity contribution >= 4 is 20.4 Å². The van der Waals surface area contributed by atoms with Gasteiger partial charge in [0.1, 0.15) is 0 Å². The number of unbranched alkanes of at least 4 members (excludes halogenated alkanes) is 12. The minimum Gasteiger partial charge on any atom is -0.377 e. The lowest BCUT2D eigenvalue weighted by Crippen LogP contribution is -2.49. The molecule has 1 unspecified atom stereocenters. The zero-order chi connectivity index (χ0) is 21.3. The quantitative estimate of drug-likeness (QED) is 0.109. The molecule has 0 aliphatic carbocycles. The molecule has 1 atom stereocenters. The predicted octanol–water partition coefficient (Wildman–Crippen LogP) is 8.12. The van der Waals surface area contributed by atoms with Gasteiger partial charge in [0, 0.05) is 31.7 Å². The van der Waals surface area contributed by atoms with Gasteiger partial charge < -0.3 is 13.3 Å². The van der Waals surface area contributed by atoms with Gasteiger partial charge in [0.15, 0.2) is 0 Å². The minimum atomic E-state index is -2.64. The van der Waals surface area contributed by atoms with E-state index in [4.69, 9.17) is 24.9 Å². The highest BCUT2D eigenvalue weighted by molar-refractivity contribution is 6.62. The summed E-state index contributed by atoms with van der Waals surface area (Å²) in [7, 11) is 2.47. The van der Waals surface area contributed by atoms with E-state index in [-0.39, 0.29) is 10.4 Å². The standard InChI is InChI=1S/C23H49ClO3Si/c1-7-8-9-10-11-12-13-14-15-16-17-18-19-20-22(21-23(2,3)24)28(25-4,26-5)27-6/h22H,7-21H2,1-6H3.